The summed E-state index contributed by atoms with van der Waals surface area (Å²) in [6.45, 7) is 1.12. The Morgan fingerprint density at radius 3 is 2.40 bits per heavy atom. The molecule has 0 radical (unpaired) electrons. The Hall–Kier alpha value is -1.21. The lowest BCUT2D eigenvalue weighted by atomic mass is 10.2. The fraction of sp³-hybridized carbons (Fsp3) is 0.286. The molecule has 0 fully saturated rings. The van der Waals surface area contributed by atoms with Crippen molar-refractivity contribution in [3.63, 3.8) is 0 Å². The van der Waals surface area contributed by atoms with Crippen molar-refractivity contribution in [3.05, 3.63) is 52.2 Å². The highest BCUT2D eigenvalue weighted by atomic mass is 32.2. The molecular weight excluding hydrogens is 292 g/mol. The van der Waals surface area contributed by atoms with Crippen LogP contribution in [0.1, 0.15) is 11.1 Å². The summed E-state index contributed by atoms with van der Waals surface area (Å²) in [6.07, 6.45) is 0. The molecule has 0 bridgehead atoms. The van der Waals surface area contributed by atoms with Crippen LogP contribution in [-0.4, -0.2) is 26.8 Å². The first-order valence-corrected chi connectivity index (χ1v) is 8.63. The van der Waals surface area contributed by atoms with E-state index >= 15 is 0 Å². The Kier molecular flexibility index (Phi) is 4.93. The molecular formula is C14H18N2O2S2. The monoisotopic (exact) mass is 310 g/mol. The van der Waals surface area contributed by atoms with Gasteiger partial charge in [0.1, 0.15) is 0 Å². The third-order valence-electron chi connectivity index (χ3n) is 3.00. The quantitative estimate of drug-likeness (QED) is 0.890. The maximum Gasteiger partial charge on any atom is 0.243 e. The molecule has 0 aliphatic heterocycles. The lowest BCUT2D eigenvalue weighted by Gasteiger charge is -2.16. The Bertz CT molecular complexity index is 634. The number of rotatable bonds is 6. The fourth-order valence-electron chi connectivity index (χ4n) is 1.89. The normalized spacial score (nSPS) is 11.9. The highest BCUT2D eigenvalue weighted by Crippen LogP contribution is 2.18. The van der Waals surface area contributed by atoms with Gasteiger partial charge in [-0.25, -0.2) is 8.42 Å². The largest absolute Gasteiger partial charge is 0.316 e. The summed E-state index contributed by atoms with van der Waals surface area (Å²) in [4.78, 5) is 0.329. The van der Waals surface area contributed by atoms with Crippen molar-refractivity contribution in [2.75, 3.05) is 14.1 Å². The van der Waals surface area contributed by atoms with Gasteiger partial charge in [0, 0.05) is 20.1 Å². The van der Waals surface area contributed by atoms with Gasteiger partial charge < -0.3 is 5.32 Å². The molecule has 20 heavy (non-hydrogen) atoms. The van der Waals surface area contributed by atoms with Crippen LogP contribution in [0.3, 0.4) is 0 Å². The van der Waals surface area contributed by atoms with Crippen LogP contribution >= 0.6 is 11.3 Å². The van der Waals surface area contributed by atoms with Crippen molar-refractivity contribution in [1.82, 2.24) is 9.62 Å². The smallest absolute Gasteiger partial charge is 0.243 e. The van der Waals surface area contributed by atoms with Gasteiger partial charge in [0.15, 0.2) is 0 Å². The number of benzene rings is 1. The van der Waals surface area contributed by atoms with Crippen LogP contribution in [0.25, 0.3) is 0 Å². The maximum atomic E-state index is 12.4. The lowest BCUT2D eigenvalue weighted by molar-refractivity contribution is 0.467. The van der Waals surface area contributed by atoms with Gasteiger partial charge in [0.05, 0.1) is 4.90 Å². The summed E-state index contributed by atoms with van der Waals surface area (Å²) in [5, 5.41) is 6.94. The van der Waals surface area contributed by atoms with Gasteiger partial charge >= 0.3 is 0 Å². The molecule has 0 spiro atoms. The molecule has 0 amide bonds. The predicted molar refractivity (Wildman–Crippen MR) is 82.2 cm³/mol. The van der Waals surface area contributed by atoms with Gasteiger partial charge in [-0.15, -0.1) is 0 Å². The molecule has 0 unspecified atom stereocenters. The molecule has 1 aromatic heterocycles. The van der Waals surface area contributed by atoms with Crippen molar-refractivity contribution >= 4 is 21.4 Å². The number of nitrogens with one attached hydrogen (secondary N) is 1. The first kappa shape index (κ1) is 15.2. The van der Waals surface area contributed by atoms with Gasteiger partial charge in [-0.2, -0.15) is 15.6 Å². The third kappa shape index (κ3) is 3.46. The number of sulfonamides is 1. The molecule has 1 heterocycles. The van der Waals surface area contributed by atoms with Crippen LogP contribution < -0.4 is 5.32 Å². The number of hydrogen-bond acceptors (Lipinski definition) is 4. The van der Waals surface area contributed by atoms with Gasteiger partial charge in [-0.3, -0.25) is 0 Å². The standard InChI is InChI=1S/C14H18N2O2S2/c1-15-9-12-3-5-14(6-4-12)20(17,18)16(2)10-13-7-8-19-11-13/h3-8,11,15H,9-10H2,1-2H3. The number of nitrogens with zero attached hydrogens (tertiary/aromatic N) is 1. The van der Waals surface area contributed by atoms with Crippen LogP contribution in [0.4, 0.5) is 0 Å². The molecule has 1 N–H and O–H groups in total. The van der Waals surface area contributed by atoms with Crippen LogP contribution in [-0.2, 0) is 23.1 Å². The molecule has 0 saturated heterocycles. The predicted octanol–water partition coefficient (Wildman–Crippen LogP) is 2.29. The summed E-state index contributed by atoms with van der Waals surface area (Å²) in [6, 6.07) is 8.93. The zero-order valence-corrected chi connectivity index (χ0v) is 13.2. The third-order valence-corrected chi connectivity index (χ3v) is 5.55. The maximum absolute atomic E-state index is 12.4. The molecule has 1 aromatic carbocycles. The summed E-state index contributed by atoms with van der Waals surface area (Å²) in [5.74, 6) is 0. The van der Waals surface area contributed by atoms with E-state index in [0.717, 1.165) is 17.7 Å². The van der Waals surface area contributed by atoms with Crippen LogP contribution in [0.2, 0.25) is 0 Å². The van der Waals surface area contributed by atoms with E-state index in [0.29, 0.717) is 11.4 Å². The van der Waals surface area contributed by atoms with E-state index in [-0.39, 0.29) is 0 Å². The Balaban J connectivity index is 2.16. The zero-order valence-electron chi connectivity index (χ0n) is 11.5. The summed E-state index contributed by atoms with van der Waals surface area (Å²) in [7, 11) is 0.0369. The SMILES string of the molecule is CNCc1ccc(S(=O)(=O)N(C)Cc2ccsc2)cc1. The van der Waals surface area contributed by atoms with Crippen LogP contribution in [0.5, 0.6) is 0 Å². The molecule has 0 saturated carbocycles. The van der Waals surface area contributed by atoms with Gasteiger partial charge in [0.2, 0.25) is 10.0 Å². The highest BCUT2D eigenvalue weighted by Gasteiger charge is 2.20. The van der Waals surface area contributed by atoms with Gasteiger partial charge in [0.25, 0.3) is 0 Å². The molecule has 2 aromatic rings. The minimum atomic E-state index is -3.43. The van der Waals surface area contributed by atoms with Gasteiger partial charge in [-0.05, 0) is 47.1 Å². The van der Waals surface area contributed by atoms with E-state index in [1.54, 1.807) is 30.5 Å². The highest BCUT2D eigenvalue weighted by molar-refractivity contribution is 7.89. The number of thiophene rings is 1. The molecule has 0 aliphatic rings. The zero-order chi connectivity index (χ0) is 14.6. The molecule has 108 valence electrons. The van der Waals surface area contributed by atoms with Crippen molar-refractivity contribution in [1.29, 1.82) is 0 Å². The first-order valence-electron chi connectivity index (χ1n) is 6.25. The van der Waals surface area contributed by atoms with Crippen molar-refractivity contribution in [3.8, 4) is 0 Å². The van der Waals surface area contributed by atoms with Crippen molar-refractivity contribution < 1.29 is 8.42 Å². The Morgan fingerprint density at radius 1 is 1.15 bits per heavy atom. The van der Waals surface area contributed by atoms with E-state index in [9.17, 15) is 8.42 Å². The minimum absolute atomic E-state index is 0.329. The second-order valence-corrected chi connectivity index (χ2v) is 7.39. The molecule has 4 nitrogen and oxygen atoms in total. The second-order valence-electron chi connectivity index (χ2n) is 4.57. The summed E-state index contributed by atoms with van der Waals surface area (Å²) >= 11 is 1.57. The Morgan fingerprint density at radius 2 is 1.85 bits per heavy atom. The van der Waals surface area contributed by atoms with Crippen LogP contribution in [0, 0.1) is 0 Å². The summed E-state index contributed by atoms with van der Waals surface area (Å²) < 4.78 is 26.3. The number of hydrogen-bond donors (Lipinski definition) is 1. The topological polar surface area (TPSA) is 49.4 Å². The molecule has 2 rings (SSSR count). The minimum Gasteiger partial charge on any atom is -0.316 e. The van der Waals surface area contributed by atoms with Crippen molar-refractivity contribution in [2.24, 2.45) is 0 Å². The summed E-state index contributed by atoms with van der Waals surface area (Å²) in [5.41, 5.74) is 2.07. The van der Waals surface area contributed by atoms with E-state index < -0.39 is 10.0 Å². The van der Waals surface area contributed by atoms with E-state index in [2.05, 4.69) is 5.32 Å². The lowest BCUT2D eigenvalue weighted by Crippen LogP contribution is -2.26. The average molecular weight is 310 g/mol. The van der Waals surface area contributed by atoms with E-state index in [4.69, 9.17) is 0 Å². The van der Waals surface area contributed by atoms with E-state index in [1.165, 1.54) is 4.31 Å². The van der Waals surface area contributed by atoms with Crippen LogP contribution in [0.15, 0.2) is 46.0 Å². The molecule has 0 atom stereocenters. The van der Waals surface area contributed by atoms with E-state index in [1.807, 2.05) is 36.0 Å². The molecule has 6 heteroatoms. The van der Waals surface area contributed by atoms with Crippen molar-refractivity contribution in [2.45, 2.75) is 18.0 Å². The molecule has 0 aliphatic carbocycles. The first-order chi connectivity index (χ1) is 9.54. The average Bonchev–Trinajstić information content (AvgIpc) is 2.92. The second kappa shape index (κ2) is 6.49. The van der Waals surface area contributed by atoms with Gasteiger partial charge in [-0.1, -0.05) is 12.1 Å². The fourth-order valence-corrected chi connectivity index (χ4v) is 3.71. The Labute approximate surface area is 124 Å².